The number of likely N-dealkylation sites (tertiary alicyclic amines) is 1. The zero-order valence-corrected chi connectivity index (χ0v) is 11.5. The van der Waals surface area contributed by atoms with Crippen LogP contribution in [0.5, 0.6) is 0 Å². The van der Waals surface area contributed by atoms with Crippen LogP contribution in [-0.4, -0.2) is 71.8 Å². The molecule has 0 aromatic heterocycles. The Morgan fingerprint density at radius 2 is 2.05 bits per heavy atom. The van der Waals surface area contributed by atoms with Gasteiger partial charge in [0.2, 0.25) is 5.91 Å². The molecule has 3 aliphatic rings. The molecule has 0 aromatic carbocycles. The van der Waals surface area contributed by atoms with E-state index >= 15 is 0 Å². The average Bonchev–Trinajstić information content (AvgIpc) is 2.83. The van der Waals surface area contributed by atoms with Crippen LogP contribution in [0.3, 0.4) is 0 Å². The second-order valence-electron chi connectivity index (χ2n) is 6.03. The number of β-amino-alcohol motifs (C(OH)–C–C–N with tert-alkyl or cyclic N) is 1. The van der Waals surface area contributed by atoms with Gasteiger partial charge in [0, 0.05) is 19.6 Å². The molecule has 0 aromatic rings. The van der Waals surface area contributed by atoms with Crippen LogP contribution in [0.25, 0.3) is 0 Å². The normalized spacial score (nSPS) is 36.3. The lowest BCUT2D eigenvalue weighted by Gasteiger charge is -2.44. The van der Waals surface area contributed by atoms with Crippen LogP contribution in [0.4, 0.5) is 0 Å². The number of fused-ring (bicyclic) bond motifs is 1. The number of hydrogen-bond acceptors (Lipinski definition) is 4. The molecule has 3 fully saturated rings. The molecule has 1 N–H and O–H groups in total. The molecule has 2 saturated heterocycles. The van der Waals surface area contributed by atoms with Crippen LogP contribution in [0, 0.1) is 0 Å². The Balaban J connectivity index is 1.58. The van der Waals surface area contributed by atoms with Crippen LogP contribution in [0.1, 0.15) is 32.1 Å². The number of aliphatic hydroxyl groups is 1. The first-order valence-corrected chi connectivity index (χ1v) is 7.55. The second-order valence-corrected chi connectivity index (χ2v) is 6.03. The molecule has 2 aliphatic heterocycles. The number of carbonyl (C=O) groups is 1. The number of aliphatic hydroxyl groups excluding tert-OH is 1. The molecule has 5 nitrogen and oxygen atoms in total. The molecular formula is C14H24N2O3. The Morgan fingerprint density at radius 1 is 1.21 bits per heavy atom. The first kappa shape index (κ1) is 13.3. The van der Waals surface area contributed by atoms with Gasteiger partial charge in [0.15, 0.2) is 0 Å². The minimum absolute atomic E-state index is 0.217. The highest BCUT2D eigenvalue weighted by Crippen LogP contribution is 2.28. The zero-order chi connectivity index (χ0) is 13.2. The molecule has 3 atom stereocenters. The number of ether oxygens (including phenoxy) is 1. The van der Waals surface area contributed by atoms with Gasteiger partial charge in [-0.1, -0.05) is 12.8 Å². The van der Waals surface area contributed by atoms with Gasteiger partial charge in [-0.05, 0) is 19.3 Å². The Bertz CT molecular complexity index is 335. The minimum Gasteiger partial charge on any atom is -0.392 e. The van der Waals surface area contributed by atoms with Crippen LogP contribution in [-0.2, 0) is 9.53 Å². The Kier molecular flexibility index (Phi) is 4.05. The van der Waals surface area contributed by atoms with Crippen molar-refractivity contribution in [1.29, 1.82) is 0 Å². The molecule has 1 amide bonds. The summed E-state index contributed by atoms with van der Waals surface area (Å²) in [5, 5.41) is 9.52. The summed E-state index contributed by atoms with van der Waals surface area (Å²) in [6.07, 6.45) is 5.41. The Morgan fingerprint density at radius 3 is 2.84 bits per heavy atom. The topological polar surface area (TPSA) is 53.0 Å². The number of morpholine rings is 1. The molecular weight excluding hydrogens is 244 g/mol. The summed E-state index contributed by atoms with van der Waals surface area (Å²) in [7, 11) is 0. The maximum Gasteiger partial charge on any atom is 0.237 e. The van der Waals surface area contributed by atoms with Gasteiger partial charge in [0.05, 0.1) is 31.4 Å². The summed E-state index contributed by atoms with van der Waals surface area (Å²) < 4.78 is 5.80. The van der Waals surface area contributed by atoms with Crippen molar-refractivity contribution in [3.05, 3.63) is 0 Å². The highest BCUT2D eigenvalue weighted by Gasteiger charge is 2.37. The molecule has 108 valence electrons. The number of carbonyl (C=O) groups excluding carboxylic acids is 1. The predicted molar refractivity (Wildman–Crippen MR) is 70.8 cm³/mol. The summed E-state index contributed by atoms with van der Waals surface area (Å²) in [5.41, 5.74) is 0. The van der Waals surface area contributed by atoms with E-state index in [4.69, 9.17) is 4.74 Å². The van der Waals surface area contributed by atoms with E-state index in [1.54, 1.807) is 0 Å². The third kappa shape index (κ3) is 2.93. The summed E-state index contributed by atoms with van der Waals surface area (Å²) in [4.78, 5) is 16.6. The summed E-state index contributed by atoms with van der Waals surface area (Å²) >= 11 is 0. The van der Waals surface area contributed by atoms with Gasteiger partial charge in [-0.15, -0.1) is 0 Å². The molecule has 19 heavy (non-hydrogen) atoms. The van der Waals surface area contributed by atoms with Gasteiger partial charge in [-0.25, -0.2) is 0 Å². The van der Waals surface area contributed by atoms with Gasteiger partial charge in [0.25, 0.3) is 0 Å². The lowest BCUT2D eigenvalue weighted by molar-refractivity contribution is -0.150. The smallest absolute Gasteiger partial charge is 0.237 e. The summed E-state index contributed by atoms with van der Waals surface area (Å²) in [6.45, 7) is 3.35. The lowest BCUT2D eigenvalue weighted by atomic mass is 9.90. The van der Waals surface area contributed by atoms with Crippen molar-refractivity contribution in [2.24, 2.45) is 0 Å². The highest BCUT2D eigenvalue weighted by atomic mass is 16.5. The van der Waals surface area contributed by atoms with E-state index < -0.39 is 0 Å². The number of hydrogen-bond donors (Lipinski definition) is 1. The van der Waals surface area contributed by atoms with Gasteiger partial charge < -0.3 is 14.7 Å². The van der Waals surface area contributed by atoms with Gasteiger partial charge in [-0.3, -0.25) is 9.69 Å². The first-order valence-electron chi connectivity index (χ1n) is 7.55. The standard InChI is InChI=1S/C14H24N2O3/c17-11-5-6-15(9-11)10-14(18)16-7-8-19-13-4-2-1-3-12(13)16/h11-13,17H,1-10H2/t11-,12?,13?/m0/s1. The van der Waals surface area contributed by atoms with Crippen molar-refractivity contribution < 1.29 is 14.6 Å². The molecule has 2 unspecified atom stereocenters. The molecule has 3 rings (SSSR count). The fourth-order valence-corrected chi connectivity index (χ4v) is 3.64. The summed E-state index contributed by atoms with van der Waals surface area (Å²) in [5.74, 6) is 0.217. The maximum absolute atomic E-state index is 12.5. The van der Waals surface area contributed by atoms with Crippen LogP contribution >= 0.6 is 0 Å². The molecule has 0 radical (unpaired) electrons. The van der Waals surface area contributed by atoms with E-state index in [0.29, 0.717) is 25.7 Å². The van der Waals surface area contributed by atoms with Crippen molar-refractivity contribution in [3.8, 4) is 0 Å². The van der Waals surface area contributed by atoms with Crippen molar-refractivity contribution >= 4 is 5.91 Å². The molecule has 5 heteroatoms. The lowest BCUT2D eigenvalue weighted by Crippen LogP contribution is -2.56. The zero-order valence-electron chi connectivity index (χ0n) is 11.5. The van der Waals surface area contributed by atoms with Crippen LogP contribution < -0.4 is 0 Å². The largest absolute Gasteiger partial charge is 0.392 e. The fourth-order valence-electron chi connectivity index (χ4n) is 3.64. The third-order valence-electron chi connectivity index (χ3n) is 4.66. The minimum atomic E-state index is -0.250. The van der Waals surface area contributed by atoms with Crippen molar-refractivity contribution in [2.45, 2.75) is 50.4 Å². The highest BCUT2D eigenvalue weighted by molar-refractivity contribution is 5.78. The molecule has 0 spiro atoms. The van der Waals surface area contributed by atoms with Crippen molar-refractivity contribution in [1.82, 2.24) is 9.80 Å². The van der Waals surface area contributed by atoms with Crippen LogP contribution in [0.15, 0.2) is 0 Å². The summed E-state index contributed by atoms with van der Waals surface area (Å²) in [6, 6.07) is 0.294. The van der Waals surface area contributed by atoms with Gasteiger partial charge >= 0.3 is 0 Å². The third-order valence-corrected chi connectivity index (χ3v) is 4.66. The van der Waals surface area contributed by atoms with E-state index in [2.05, 4.69) is 4.90 Å². The number of rotatable bonds is 2. The van der Waals surface area contributed by atoms with E-state index in [-0.39, 0.29) is 18.1 Å². The molecule has 1 aliphatic carbocycles. The molecule has 0 bridgehead atoms. The van der Waals surface area contributed by atoms with Crippen LogP contribution in [0.2, 0.25) is 0 Å². The van der Waals surface area contributed by atoms with Crippen molar-refractivity contribution in [2.75, 3.05) is 32.8 Å². The first-order chi connectivity index (χ1) is 9.24. The Labute approximate surface area is 114 Å². The maximum atomic E-state index is 12.5. The SMILES string of the molecule is O=C(CN1CC[C@H](O)C1)N1CCOC2CCCCC21. The van der Waals surface area contributed by atoms with E-state index in [1.165, 1.54) is 12.8 Å². The monoisotopic (exact) mass is 268 g/mol. The molecule has 1 saturated carbocycles. The molecule has 2 heterocycles. The number of nitrogens with zero attached hydrogens (tertiary/aromatic N) is 2. The number of amides is 1. The van der Waals surface area contributed by atoms with Gasteiger partial charge in [0.1, 0.15) is 0 Å². The van der Waals surface area contributed by atoms with E-state index in [1.807, 2.05) is 4.90 Å². The quantitative estimate of drug-likeness (QED) is 0.778. The second kappa shape index (κ2) is 5.77. The average molecular weight is 268 g/mol. The van der Waals surface area contributed by atoms with E-state index in [9.17, 15) is 9.90 Å². The van der Waals surface area contributed by atoms with E-state index in [0.717, 1.165) is 32.4 Å². The van der Waals surface area contributed by atoms with Crippen molar-refractivity contribution in [3.63, 3.8) is 0 Å². The Hall–Kier alpha value is -0.650. The fraction of sp³-hybridized carbons (Fsp3) is 0.929. The van der Waals surface area contributed by atoms with Gasteiger partial charge in [-0.2, -0.15) is 0 Å². The predicted octanol–water partition coefficient (Wildman–Crippen LogP) is 0.223.